The monoisotopic (exact) mass is 845 g/mol. The molecule has 1 N–H and O–H groups in total. The molecule has 0 rings (SSSR count). The molecule has 0 amide bonds. The molecular weight excluding hydrogens is 750 g/mol. The van der Waals surface area contributed by atoms with Gasteiger partial charge < -0.3 is 18.9 Å². The number of quaternary nitrogens is 1. The van der Waals surface area contributed by atoms with Gasteiger partial charge in [0.05, 0.1) is 27.7 Å². The Balaban J connectivity index is 4.23. The number of carbonyl (C=O) groups is 2. The molecule has 1 unspecified atom stereocenters. The van der Waals surface area contributed by atoms with Crippen LogP contribution in [0.1, 0.15) is 232 Å². The minimum Gasteiger partial charge on any atom is -0.462 e. The fraction of sp³-hybridized carbons (Fsp3) is 0.917. The summed E-state index contributed by atoms with van der Waals surface area (Å²) in [5.74, 6) is -0.787. The molecule has 0 saturated carbocycles. The predicted molar refractivity (Wildman–Crippen MR) is 243 cm³/mol. The van der Waals surface area contributed by atoms with Crippen molar-refractivity contribution in [3.63, 3.8) is 0 Å². The number of phosphoric ester groups is 1. The highest BCUT2D eigenvalue weighted by Crippen LogP contribution is 2.43. The van der Waals surface area contributed by atoms with Crippen LogP contribution in [0.4, 0.5) is 0 Å². The molecular formula is C48H95NO8P+. The Kier molecular flexibility index (Phi) is 40.2. The molecule has 0 bridgehead atoms. The van der Waals surface area contributed by atoms with E-state index >= 15 is 0 Å². The number of unbranched alkanes of at least 4 members (excludes halogenated alkanes) is 29. The van der Waals surface area contributed by atoms with Gasteiger partial charge in [0.2, 0.25) is 0 Å². The molecule has 10 heteroatoms. The summed E-state index contributed by atoms with van der Waals surface area (Å²) < 4.78 is 34.4. The van der Waals surface area contributed by atoms with Crippen molar-refractivity contribution in [3.05, 3.63) is 12.2 Å². The van der Waals surface area contributed by atoms with E-state index in [9.17, 15) is 19.0 Å². The van der Waals surface area contributed by atoms with Gasteiger partial charge in [-0.15, -0.1) is 0 Å². The first-order valence-corrected chi connectivity index (χ1v) is 25.9. The number of ether oxygens (including phenoxy) is 2. The Morgan fingerprint density at radius 3 is 1.28 bits per heavy atom. The molecule has 9 nitrogen and oxygen atoms in total. The third kappa shape index (κ3) is 44.3. The van der Waals surface area contributed by atoms with Crippen LogP contribution in [-0.2, 0) is 32.7 Å². The normalized spacial score (nSPS) is 13.6. The molecule has 0 aromatic heterocycles. The maximum absolute atomic E-state index is 12.7. The number of likely N-dealkylation sites (N-methyl/N-ethyl adjacent to an activating group) is 1. The Hall–Kier alpha value is -1.25. The van der Waals surface area contributed by atoms with Gasteiger partial charge in [0.25, 0.3) is 0 Å². The van der Waals surface area contributed by atoms with Crippen molar-refractivity contribution in [2.75, 3.05) is 47.5 Å². The molecule has 58 heavy (non-hydrogen) atoms. The largest absolute Gasteiger partial charge is 0.472 e. The van der Waals surface area contributed by atoms with Gasteiger partial charge in [-0.1, -0.05) is 193 Å². The minimum atomic E-state index is -4.37. The van der Waals surface area contributed by atoms with Crippen molar-refractivity contribution < 1.29 is 42.1 Å². The predicted octanol–water partition coefficient (Wildman–Crippen LogP) is 14.1. The summed E-state index contributed by atoms with van der Waals surface area (Å²) in [7, 11) is 1.49. The summed E-state index contributed by atoms with van der Waals surface area (Å²) in [6.07, 6.45) is 44.0. The molecule has 344 valence electrons. The molecule has 2 atom stereocenters. The van der Waals surface area contributed by atoms with Gasteiger partial charge in [-0.05, 0) is 38.5 Å². The zero-order valence-electron chi connectivity index (χ0n) is 38.8. The topological polar surface area (TPSA) is 108 Å². The van der Waals surface area contributed by atoms with Crippen molar-refractivity contribution >= 4 is 19.8 Å². The first-order chi connectivity index (χ1) is 28.0. The Labute approximate surface area is 358 Å². The van der Waals surface area contributed by atoms with Gasteiger partial charge in [-0.3, -0.25) is 18.6 Å². The lowest BCUT2D eigenvalue weighted by Crippen LogP contribution is -2.37. The van der Waals surface area contributed by atoms with Gasteiger partial charge in [0.1, 0.15) is 19.8 Å². The first kappa shape index (κ1) is 56.8. The zero-order chi connectivity index (χ0) is 42.8. The molecule has 0 fully saturated rings. The lowest BCUT2D eigenvalue weighted by atomic mass is 10.0. The van der Waals surface area contributed by atoms with Crippen LogP contribution < -0.4 is 0 Å². The molecule has 0 aromatic carbocycles. The smallest absolute Gasteiger partial charge is 0.462 e. The van der Waals surface area contributed by atoms with Gasteiger partial charge in [0.15, 0.2) is 6.10 Å². The van der Waals surface area contributed by atoms with E-state index in [2.05, 4.69) is 26.0 Å². The number of hydrogen-bond donors (Lipinski definition) is 1. The van der Waals surface area contributed by atoms with E-state index in [0.717, 1.165) is 32.1 Å². The Morgan fingerprint density at radius 1 is 0.517 bits per heavy atom. The summed E-state index contributed by atoms with van der Waals surface area (Å²) in [6.45, 7) is 4.45. The van der Waals surface area contributed by atoms with Crippen molar-refractivity contribution in [1.82, 2.24) is 0 Å². The van der Waals surface area contributed by atoms with Crippen LogP contribution in [0.2, 0.25) is 0 Å². The molecule has 0 aliphatic heterocycles. The number of esters is 2. The van der Waals surface area contributed by atoms with Crippen LogP contribution in [0.5, 0.6) is 0 Å². The summed E-state index contributed by atoms with van der Waals surface area (Å²) in [5.41, 5.74) is 0. The van der Waals surface area contributed by atoms with E-state index in [1.54, 1.807) is 0 Å². The fourth-order valence-electron chi connectivity index (χ4n) is 6.95. The highest BCUT2D eigenvalue weighted by molar-refractivity contribution is 7.47. The highest BCUT2D eigenvalue weighted by atomic mass is 31.2. The van der Waals surface area contributed by atoms with Crippen molar-refractivity contribution in [3.8, 4) is 0 Å². The average Bonchev–Trinajstić information content (AvgIpc) is 3.17. The Bertz CT molecular complexity index is 1000. The van der Waals surface area contributed by atoms with Crippen LogP contribution in [0, 0.1) is 0 Å². The fourth-order valence-corrected chi connectivity index (χ4v) is 7.69. The average molecular weight is 845 g/mol. The number of hydrogen-bond acceptors (Lipinski definition) is 7. The third-order valence-electron chi connectivity index (χ3n) is 10.8. The summed E-state index contributed by atoms with van der Waals surface area (Å²) in [5, 5.41) is 0. The van der Waals surface area contributed by atoms with Crippen LogP contribution >= 0.6 is 7.82 Å². The van der Waals surface area contributed by atoms with Crippen molar-refractivity contribution in [1.29, 1.82) is 0 Å². The molecule has 0 heterocycles. The highest BCUT2D eigenvalue weighted by Gasteiger charge is 2.27. The van der Waals surface area contributed by atoms with E-state index in [-0.39, 0.29) is 25.6 Å². The van der Waals surface area contributed by atoms with Crippen LogP contribution in [0.3, 0.4) is 0 Å². The number of nitrogens with zero attached hydrogens (tertiary/aromatic N) is 1. The van der Waals surface area contributed by atoms with Crippen LogP contribution in [-0.4, -0.2) is 74.9 Å². The maximum Gasteiger partial charge on any atom is 0.472 e. The molecule has 0 aliphatic rings. The van der Waals surface area contributed by atoms with E-state index in [1.165, 1.54) is 167 Å². The third-order valence-corrected chi connectivity index (χ3v) is 11.8. The molecule has 0 saturated heterocycles. The second kappa shape index (κ2) is 41.1. The lowest BCUT2D eigenvalue weighted by Gasteiger charge is -2.24. The summed E-state index contributed by atoms with van der Waals surface area (Å²) in [6, 6.07) is 0. The SMILES string of the molecule is CCCCCCCC/C=C\CCCCCCCCCCCCCC(=O)O[C@H](COC(=O)CCCCCCCCCCCCCCC)COP(=O)(O)OCC[N+](C)(C)C. The maximum atomic E-state index is 12.7. The second-order valence-electron chi connectivity index (χ2n) is 17.9. The van der Waals surface area contributed by atoms with E-state index in [4.69, 9.17) is 18.5 Å². The molecule has 0 aromatic rings. The number of carbonyl (C=O) groups excluding carboxylic acids is 2. The number of rotatable bonds is 45. The summed E-state index contributed by atoms with van der Waals surface area (Å²) >= 11 is 0. The second-order valence-corrected chi connectivity index (χ2v) is 19.3. The minimum absolute atomic E-state index is 0.0350. The van der Waals surface area contributed by atoms with Gasteiger partial charge >= 0.3 is 19.8 Å². The molecule has 0 spiro atoms. The van der Waals surface area contributed by atoms with E-state index in [1.807, 2.05) is 21.1 Å². The lowest BCUT2D eigenvalue weighted by molar-refractivity contribution is -0.870. The van der Waals surface area contributed by atoms with Crippen molar-refractivity contribution in [2.45, 2.75) is 238 Å². The molecule has 0 radical (unpaired) electrons. The van der Waals surface area contributed by atoms with Gasteiger partial charge in [0, 0.05) is 12.8 Å². The van der Waals surface area contributed by atoms with Gasteiger partial charge in [-0.2, -0.15) is 0 Å². The molecule has 0 aliphatic carbocycles. The Morgan fingerprint density at radius 2 is 0.879 bits per heavy atom. The number of allylic oxidation sites excluding steroid dienone is 2. The number of phosphoric acid groups is 1. The van der Waals surface area contributed by atoms with Gasteiger partial charge in [-0.25, -0.2) is 4.57 Å². The summed E-state index contributed by atoms with van der Waals surface area (Å²) in [4.78, 5) is 35.4. The first-order valence-electron chi connectivity index (χ1n) is 24.4. The van der Waals surface area contributed by atoms with E-state index < -0.39 is 26.5 Å². The quantitative estimate of drug-likeness (QED) is 0.0212. The zero-order valence-corrected chi connectivity index (χ0v) is 39.7. The van der Waals surface area contributed by atoms with E-state index in [0.29, 0.717) is 23.9 Å². The van der Waals surface area contributed by atoms with Crippen LogP contribution in [0.25, 0.3) is 0 Å². The standard InChI is InChI=1S/C48H94NO8P/c1-6-8-10-12-14-16-18-20-21-22-23-24-25-26-27-29-31-33-35-37-39-41-48(51)57-46(45-56-58(52,53)55-43-42-49(3,4)5)44-54-47(50)40-38-36-34-32-30-28-19-17-15-13-11-9-7-2/h20-21,46H,6-19,22-45H2,1-5H3/p+1/b21-20-/t46-/m1/s1. The van der Waals surface area contributed by atoms with Crippen molar-refractivity contribution in [2.24, 2.45) is 0 Å². The van der Waals surface area contributed by atoms with Crippen LogP contribution in [0.15, 0.2) is 12.2 Å².